The van der Waals surface area contributed by atoms with E-state index in [-0.39, 0.29) is 17.4 Å². The highest BCUT2D eigenvalue weighted by Gasteiger charge is 2.47. The third-order valence-electron chi connectivity index (χ3n) is 5.82. The summed E-state index contributed by atoms with van der Waals surface area (Å²) in [4.78, 5) is 28.7. The van der Waals surface area contributed by atoms with Crippen molar-refractivity contribution in [1.29, 1.82) is 0 Å². The number of methoxy groups -OCH3 is 1. The summed E-state index contributed by atoms with van der Waals surface area (Å²) in [7, 11) is 3.47. The quantitative estimate of drug-likeness (QED) is 0.828. The van der Waals surface area contributed by atoms with E-state index in [1.807, 2.05) is 35.0 Å². The fourth-order valence-corrected chi connectivity index (χ4v) is 4.05. The van der Waals surface area contributed by atoms with Gasteiger partial charge in [0.25, 0.3) is 5.91 Å². The molecule has 6 nitrogen and oxygen atoms in total. The Hall–Kier alpha value is -2.24. The van der Waals surface area contributed by atoms with Gasteiger partial charge in [-0.1, -0.05) is 12.1 Å². The Morgan fingerprint density at radius 2 is 1.73 bits per heavy atom. The van der Waals surface area contributed by atoms with Gasteiger partial charge in [0, 0.05) is 32.1 Å². The molecule has 1 aromatic rings. The van der Waals surface area contributed by atoms with Gasteiger partial charge in [-0.25, -0.2) is 0 Å². The topological polar surface area (TPSA) is 59.1 Å². The number of ether oxygens (including phenoxy) is 2. The third-order valence-corrected chi connectivity index (χ3v) is 5.82. The Labute approximate surface area is 155 Å². The molecule has 2 saturated heterocycles. The summed E-state index contributed by atoms with van der Waals surface area (Å²) in [5, 5.41) is 0. The number of carbonyl (C=O) groups is 2. The highest BCUT2D eigenvalue weighted by atomic mass is 16.5. The molecule has 0 atom stereocenters. The van der Waals surface area contributed by atoms with Gasteiger partial charge in [-0.2, -0.15) is 0 Å². The van der Waals surface area contributed by atoms with E-state index in [1.165, 1.54) is 0 Å². The Morgan fingerprint density at radius 1 is 1.12 bits per heavy atom. The molecule has 2 amide bonds. The lowest BCUT2D eigenvalue weighted by atomic mass is 9.85. The molecule has 1 aromatic carbocycles. The Bertz CT molecular complexity index is 693. The van der Waals surface area contributed by atoms with E-state index in [2.05, 4.69) is 0 Å². The summed E-state index contributed by atoms with van der Waals surface area (Å²) < 4.78 is 11.3. The largest absolute Gasteiger partial charge is 0.493 e. The molecule has 0 aromatic heterocycles. The van der Waals surface area contributed by atoms with E-state index in [9.17, 15) is 9.59 Å². The van der Waals surface area contributed by atoms with E-state index < -0.39 is 5.60 Å². The molecule has 26 heavy (non-hydrogen) atoms. The zero-order valence-electron chi connectivity index (χ0n) is 16.1. The molecule has 0 aliphatic carbocycles. The van der Waals surface area contributed by atoms with Gasteiger partial charge in [0.1, 0.15) is 0 Å². The summed E-state index contributed by atoms with van der Waals surface area (Å²) in [5.41, 5.74) is -1.06. The van der Waals surface area contributed by atoms with Crippen molar-refractivity contribution in [2.45, 2.75) is 50.7 Å². The van der Waals surface area contributed by atoms with E-state index in [4.69, 9.17) is 9.47 Å². The molecule has 2 fully saturated rings. The summed E-state index contributed by atoms with van der Waals surface area (Å²) >= 11 is 0. The molecule has 1 spiro atoms. The Kier molecular flexibility index (Phi) is 4.86. The first-order valence-electron chi connectivity index (χ1n) is 9.17. The zero-order valence-corrected chi connectivity index (χ0v) is 16.1. The lowest BCUT2D eigenvalue weighted by Gasteiger charge is -2.45. The van der Waals surface area contributed by atoms with Crippen LogP contribution in [0.3, 0.4) is 0 Å². The molecule has 0 N–H and O–H groups in total. The molecule has 2 aliphatic rings. The molecule has 0 bridgehead atoms. The van der Waals surface area contributed by atoms with Gasteiger partial charge in [-0.05, 0) is 45.2 Å². The Balaban J connectivity index is 1.66. The lowest BCUT2D eigenvalue weighted by molar-refractivity contribution is -0.148. The van der Waals surface area contributed by atoms with Gasteiger partial charge in [-0.15, -0.1) is 0 Å². The molecule has 0 saturated carbocycles. The van der Waals surface area contributed by atoms with E-state index in [0.717, 1.165) is 19.3 Å². The van der Waals surface area contributed by atoms with Crippen molar-refractivity contribution in [2.75, 3.05) is 27.2 Å². The summed E-state index contributed by atoms with van der Waals surface area (Å²) in [6.07, 6.45) is 3.16. The minimum atomic E-state index is -0.990. The van der Waals surface area contributed by atoms with E-state index >= 15 is 0 Å². The second kappa shape index (κ2) is 6.82. The predicted octanol–water partition coefficient (Wildman–Crippen LogP) is 2.47. The van der Waals surface area contributed by atoms with Crippen LogP contribution >= 0.6 is 0 Å². The van der Waals surface area contributed by atoms with Crippen LogP contribution in [0.2, 0.25) is 0 Å². The van der Waals surface area contributed by atoms with Crippen molar-refractivity contribution in [3.05, 3.63) is 24.3 Å². The number of amides is 2. The van der Waals surface area contributed by atoms with Crippen LogP contribution in [0, 0.1) is 0 Å². The molecule has 2 aliphatic heterocycles. The number of hydrogen-bond acceptors (Lipinski definition) is 4. The lowest BCUT2D eigenvalue weighted by Crippen LogP contribution is -2.57. The van der Waals surface area contributed by atoms with Gasteiger partial charge in [0.2, 0.25) is 5.91 Å². The van der Waals surface area contributed by atoms with Gasteiger partial charge < -0.3 is 19.3 Å². The van der Waals surface area contributed by atoms with Gasteiger partial charge >= 0.3 is 0 Å². The first kappa shape index (κ1) is 18.5. The maximum atomic E-state index is 13.1. The third kappa shape index (κ3) is 3.24. The summed E-state index contributed by atoms with van der Waals surface area (Å²) in [5.74, 6) is 1.34. The van der Waals surface area contributed by atoms with Crippen molar-refractivity contribution in [3.8, 4) is 11.5 Å². The predicted molar refractivity (Wildman–Crippen MR) is 98.3 cm³/mol. The van der Waals surface area contributed by atoms with Crippen LogP contribution in [0.1, 0.15) is 39.5 Å². The summed E-state index contributed by atoms with van der Waals surface area (Å²) in [6, 6.07) is 7.34. The van der Waals surface area contributed by atoms with E-state index in [1.54, 1.807) is 27.0 Å². The molecular formula is C20H28N2O4. The summed E-state index contributed by atoms with van der Waals surface area (Å²) in [6.45, 7) is 4.87. The number of nitrogens with zero attached hydrogens (tertiary/aromatic N) is 2. The molecule has 0 unspecified atom stereocenters. The standard InChI is InChI=1S/C20H28N2O4/c1-19(2,26-16-8-6-5-7-15(16)25-4)18(24)22-13-11-20(12-14-22)10-9-17(23)21(20)3/h5-8H,9-14H2,1-4H3. The van der Waals surface area contributed by atoms with E-state index in [0.29, 0.717) is 31.0 Å². The van der Waals surface area contributed by atoms with Crippen molar-refractivity contribution < 1.29 is 19.1 Å². The molecule has 142 valence electrons. The maximum Gasteiger partial charge on any atom is 0.266 e. The molecule has 0 radical (unpaired) electrons. The molecule has 3 rings (SSSR count). The second-order valence-electron chi connectivity index (χ2n) is 7.73. The molecule has 6 heteroatoms. The average molecular weight is 360 g/mol. The minimum absolute atomic E-state index is 0.0368. The van der Waals surface area contributed by atoms with Crippen molar-refractivity contribution in [1.82, 2.24) is 9.80 Å². The molecule has 2 heterocycles. The van der Waals surface area contributed by atoms with Crippen molar-refractivity contribution >= 4 is 11.8 Å². The fourth-order valence-electron chi connectivity index (χ4n) is 4.05. The van der Waals surface area contributed by atoms with Crippen LogP contribution in [0.15, 0.2) is 24.3 Å². The first-order valence-corrected chi connectivity index (χ1v) is 9.17. The van der Waals surface area contributed by atoms with Crippen molar-refractivity contribution in [2.24, 2.45) is 0 Å². The zero-order chi connectivity index (χ0) is 18.9. The highest BCUT2D eigenvalue weighted by Crippen LogP contribution is 2.38. The van der Waals surface area contributed by atoms with Crippen LogP contribution in [0.5, 0.6) is 11.5 Å². The number of hydrogen-bond donors (Lipinski definition) is 0. The van der Waals surface area contributed by atoms with Gasteiger partial charge in [0.05, 0.1) is 7.11 Å². The van der Waals surface area contributed by atoms with Crippen LogP contribution in [0.4, 0.5) is 0 Å². The fraction of sp³-hybridized carbons (Fsp3) is 0.600. The number of piperidine rings is 1. The minimum Gasteiger partial charge on any atom is -0.493 e. The number of benzene rings is 1. The normalized spacial score (nSPS) is 19.8. The SMILES string of the molecule is COc1ccccc1OC(C)(C)C(=O)N1CCC2(CCC(=O)N2C)CC1. The van der Waals surface area contributed by atoms with Crippen LogP contribution in [-0.2, 0) is 9.59 Å². The smallest absolute Gasteiger partial charge is 0.266 e. The monoisotopic (exact) mass is 360 g/mol. The second-order valence-corrected chi connectivity index (χ2v) is 7.73. The maximum absolute atomic E-state index is 13.1. The van der Waals surface area contributed by atoms with Crippen LogP contribution in [-0.4, -0.2) is 60.0 Å². The number of para-hydroxylation sites is 2. The first-order chi connectivity index (χ1) is 12.3. The van der Waals surface area contributed by atoms with Crippen LogP contribution < -0.4 is 9.47 Å². The van der Waals surface area contributed by atoms with Gasteiger partial charge in [0.15, 0.2) is 17.1 Å². The van der Waals surface area contributed by atoms with Crippen molar-refractivity contribution in [3.63, 3.8) is 0 Å². The van der Waals surface area contributed by atoms with Gasteiger partial charge in [-0.3, -0.25) is 9.59 Å². The molecular weight excluding hydrogens is 332 g/mol. The number of likely N-dealkylation sites (tertiary alicyclic amines) is 2. The van der Waals surface area contributed by atoms with Crippen LogP contribution in [0.25, 0.3) is 0 Å². The Morgan fingerprint density at radius 3 is 2.27 bits per heavy atom. The number of rotatable bonds is 4. The average Bonchev–Trinajstić information content (AvgIpc) is 2.91. The number of carbonyl (C=O) groups excluding carboxylic acids is 2. The highest BCUT2D eigenvalue weighted by molar-refractivity contribution is 5.85.